The van der Waals surface area contributed by atoms with E-state index in [2.05, 4.69) is 5.32 Å². The standard InChI is InChI=1S/C23H26F3N3O4/c1-3-32-19-13-16(14-20(15-19)33-4-2)21(30)27-17-5-7-18(8-6-17)28-9-11-29(12-10-28)22(31)23(24,25)26/h5-8,13-15H,3-4,9-12H2,1-2H3,(H,27,30). The van der Waals surface area contributed by atoms with Crippen LogP contribution in [0, 0.1) is 0 Å². The Bertz CT molecular complexity index is 948. The first kappa shape index (κ1) is 24.2. The van der Waals surface area contributed by atoms with Gasteiger partial charge in [-0.05, 0) is 50.2 Å². The maximum absolute atomic E-state index is 12.7. The molecule has 0 saturated carbocycles. The van der Waals surface area contributed by atoms with E-state index in [0.29, 0.717) is 36.0 Å². The first-order chi connectivity index (χ1) is 15.7. The van der Waals surface area contributed by atoms with E-state index in [-0.39, 0.29) is 32.1 Å². The van der Waals surface area contributed by atoms with Crippen molar-refractivity contribution in [2.24, 2.45) is 0 Å². The van der Waals surface area contributed by atoms with Crippen molar-refractivity contribution in [3.63, 3.8) is 0 Å². The van der Waals surface area contributed by atoms with Gasteiger partial charge in [0.15, 0.2) is 0 Å². The van der Waals surface area contributed by atoms with Gasteiger partial charge in [0.05, 0.1) is 13.2 Å². The fraction of sp³-hybridized carbons (Fsp3) is 0.391. The van der Waals surface area contributed by atoms with Crippen LogP contribution in [-0.2, 0) is 4.79 Å². The van der Waals surface area contributed by atoms with Gasteiger partial charge in [-0.15, -0.1) is 0 Å². The third-order valence-corrected chi connectivity index (χ3v) is 5.06. The van der Waals surface area contributed by atoms with Crippen LogP contribution in [0.3, 0.4) is 0 Å². The van der Waals surface area contributed by atoms with Crippen LogP contribution in [0.5, 0.6) is 11.5 Å². The number of benzene rings is 2. The Balaban J connectivity index is 1.62. The van der Waals surface area contributed by atoms with Crippen LogP contribution in [0.4, 0.5) is 24.5 Å². The van der Waals surface area contributed by atoms with Crippen LogP contribution in [0.25, 0.3) is 0 Å². The summed E-state index contributed by atoms with van der Waals surface area (Å²) >= 11 is 0. The van der Waals surface area contributed by atoms with Gasteiger partial charge in [-0.3, -0.25) is 9.59 Å². The number of carbonyl (C=O) groups excluding carboxylic acids is 2. The fourth-order valence-electron chi connectivity index (χ4n) is 3.51. The highest BCUT2D eigenvalue weighted by Crippen LogP contribution is 2.26. The van der Waals surface area contributed by atoms with Crippen molar-refractivity contribution in [1.29, 1.82) is 0 Å². The largest absolute Gasteiger partial charge is 0.494 e. The number of halogens is 3. The molecule has 0 radical (unpaired) electrons. The van der Waals surface area contributed by atoms with Gasteiger partial charge in [0.25, 0.3) is 5.91 Å². The average molecular weight is 465 g/mol. The van der Waals surface area contributed by atoms with Crippen molar-refractivity contribution in [2.45, 2.75) is 20.0 Å². The van der Waals surface area contributed by atoms with E-state index in [1.54, 1.807) is 42.5 Å². The van der Waals surface area contributed by atoms with Gasteiger partial charge in [-0.25, -0.2) is 0 Å². The number of alkyl halides is 3. The molecule has 1 fully saturated rings. The van der Waals surface area contributed by atoms with E-state index < -0.39 is 12.1 Å². The first-order valence-corrected chi connectivity index (χ1v) is 10.6. The van der Waals surface area contributed by atoms with Gasteiger partial charge in [0.2, 0.25) is 0 Å². The lowest BCUT2D eigenvalue weighted by Crippen LogP contribution is -2.52. The van der Waals surface area contributed by atoms with Crippen molar-refractivity contribution in [3.8, 4) is 11.5 Å². The summed E-state index contributed by atoms with van der Waals surface area (Å²) in [4.78, 5) is 26.8. The summed E-state index contributed by atoms with van der Waals surface area (Å²) in [5, 5.41) is 2.82. The lowest BCUT2D eigenvalue weighted by Gasteiger charge is -2.36. The van der Waals surface area contributed by atoms with E-state index in [1.165, 1.54) is 0 Å². The van der Waals surface area contributed by atoms with Crippen LogP contribution >= 0.6 is 0 Å². The molecule has 1 heterocycles. The molecule has 0 spiro atoms. The Kier molecular flexibility index (Phi) is 7.67. The Labute approximate surface area is 190 Å². The van der Waals surface area contributed by atoms with Crippen LogP contribution < -0.4 is 19.7 Å². The number of carbonyl (C=O) groups is 2. The van der Waals surface area contributed by atoms with Gasteiger partial charge in [-0.2, -0.15) is 13.2 Å². The normalized spacial score (nSPS) is 14.1. The summed E-state index contributed by atoms with van der Waals surface area (Å²) in [5.74, 6) is -1.06. The summed E-state index contributed by atoms with van der Waals surface area (Å²) in [6, 6.07) is 12.0. The van der Waals surface area contributed by atoms with Gasteiger partial charge >= 0.3 is 12.1 Å². The van der Waals surface area contributed by atoms with Gasteiger partial charge < -0.3 is 24.6 Å². The molecule has 2 amide bonds. The zero-order valence-corrected chi connectivity index (χ0v) is 18.4. The van der Waals surface area contributed by atoms with Crippen molar-refractivity contribution in [1.82, 2.24) is 4.90 Å². The molecule has 178 valence electrons. The SMILES string of the molecule is CCOc1cc(OCC)cc(C(=O)Nc2ccc(N3CCN(C(=O)C(F)(F)F)CC3)cc2)c1. The zero-order valence-electron chi connectivity index (χ0n) is 18.4. The number of ether oxygens (including phenoxy) is 2. The average Bonchev–Trinajstić information content (AvgIpc) is 2.79. The second kappa shape index (κ2) is 10.5. The Morgan fingerprint density at radius 3 is 1.94 bits per heavy atom. The molecule has 2 aromatic rings. The maximum atomic E-state index is 12.7. The molecule has 2 aromatic carbocycles. The Hall–Kier alpha value is -3.43. The molecule has 10 heteroatoms. The van der Waals surface area contributed by atoms with Gasteiger partial charge in [0, 0.05) is 49.2 Å². The molecule has 1 saturated heterocycles. The third kappa shape index (κ3) is 6.30. The van der Waals surface area contributed by atoms with Crippen molar-refractivity contribution in [3.05, 3.63) is 48.0 Å². The van der Waals surface area contributed by atoms with E-state index in [4.69, 9.17) is 9.47 Å². The minimum absolute atomic E-state index is 0.00480. The molecule has 33 heavy (non-hydrogen) atoms. The molecular formula is C23H26F3N3O4. The molecule has 1 aliphatic rings. The van der Waals surface area contributed by atoms with Gasteiger partial charge in [-0.1, -0.05) is 0 Å². The highest BCUT2D eigenvalue weighted by atomic mass is 19.4. The van der Waals surface area contributed by atoms with Crippen LogP contribution in [0.2, 0.25) is 0 Å². The highest BCUT2D eigenvalue weighted by molar-refractivity contribution is 6.04. The molecule has 0 unspecified atom stereocenters. The summed E-state index contributed by atoms with van der Waals surface area (Å²) in [6.07, 6.45) is -4.85. The number of nitrogens with zero attached hydrogens (tertiary/aromatic N) is 2. The molecule has 0 bridgehead atoms. The molecule has 0 aliphatic carbocycles. The number of amides is 2. The third-order valence-electron chi connectivity index (χ3n) is 5.06. The number of hydrogen-bond donors (Lipinski definition) is 1. The summed E-state index contributed by atoms with van der Waals surface area (Å²) in [5.41, 5.74) is 1.75. The van der Waals surface area contributed by atoms with E-state index in [1.807, 2.05) is 18.7 Å². The molecule has 3 rings (SSSR count). The smallest absolute Gasteiger partial charge is 0.471 e. The van der Waals surface area contributed by atoms with Crippen LogP contribution in [0.15, 0.2) is 42.5 Å². The minimum Gasteiger partial charge on any atom is -0.494 e. The number of rotatable bonds is 7. The zero-order chi connectivity index (χ0) is 24.0. The predicted molar refractivity (Wildman–Crippen MR) is 118 cm³/mol. The first-order valence-electron chi connectivity index (χ1n) is 10.6. The van der Waals surface area contributed by atoms with Crippen molar-refractivity contribution >= 4 is 23.2 Å². The van der Waals surface area contributed by atoms with Crippen LogP contribution in [0.1, 0.15) is 24.2 Å². The Morgan fingerprint density at radius 1 is 0.909 bits per heavy atom. The quantitative estimate of drug-likeness (QED) is 0.671. The molecule has 7 nitrogen and oxygen atoms in total. The van der Waals surface area contributed by atoms with Crippen molar-refractivity contribution in [2.75, 3.05) is 49.6 Å². The predicted octanol–water partition coefficient (Wildman–Crippen LogP) is 3.95. The molecule has 1 N–H and O–H groups in total. The Morgan fingerprint density at radius 2 is 1.45 bits per heavy atom. The summed E-state index contributed by atoms with van der Waals surface area (Å²) < 4.78 is 48.8. The van der Waals surface area contributed by atoms with Crippen molar-refractivity contribution < 1.29 is 32.2 Å². The van der Waals surface area contributed by atoms with Gasteiger partial charge in [0.1, 0.15) is 11.5 Å². The maximum Gasteiger partial charge on any atom is 0.471 e. The molecule has 1 aliphatic heterocycles. The van der Waals surface area contributed by atoms with E-state index in [9.17, 15) is 22.8 Å². The summed E-state index contributed by atoms with van der Waals surface area (Å²) in [7, 11) is 0. The lowest BCUT2D eigenvalue weighted by atomic mass is 10.1. The summed E-state index contributed by atoms with van der Waals surface area (Å²) in [6.45, 7) is 5.18. The van der Waals surface area contributed by atoms with E-state index in [0.717, 1.165) is 10.6 Å². The second-order valence-electron chi connectivity index (χ2n) is 7.34. The topological polar surface area (TPSA) is 71.1 Å². The number of anilines is 2. The monoisotopic (exact) mass is 465 g/mol. The lowest BCUT2D eigenvalue weighted by molar-refractivity contribution is -0.185. The minimum atomic E-state index is -4.85. The fourth-order valence-corrected chi connectivity index (χ4v) is 3.51. The van der Waals surface area contributed by atoms with E-state index >= 15 is 0 Å². The second-order valence-corrected chi connectivity index (χ2v) is 7.34. The number of hydrogen-bond acceptors (Lipinski definition) is 5. The molecule has 0 atom stereocenters. The van der Waals surface area contributed by atoms with Crippen LogP contribution in [-0.4, -0.2) is 62.3 Å². The number of nitrogens with one attached hydrogen (secondary N) is 1. The highest BCUT2D eigenvalue weighted by Gasteiger charge is 2.43. The molecular weight excluding hydrogens is 439 g/mol. The number of piperazine rings is 1. The molecule has 0 aromatic heterocycles.